The minimum absolute atomic E-state index is 0.221. The van der Waals surface area contributed by atoms with Crippen molar-refractivity contribution in [3.05, 3.63) is 12.4 Å². The molecule has 1 aromatic rings. The zero-order valence-electron chi connectivity index (χ0n) is 10.1. The number of aliphatic hydroxyl groups is 1. The van der Waals surface area contributed by atoms with Crippen molar-refractivity contribution in [1.82, 2.24) is 9.97 Å². The highest BCUT2D eigenvalue weighted by Crippen LogP contribution is 2.24. The maximum absolute atomic E-state index is 9.87. The standard InChI is InChI=1S/C10H17BN3O2/c1-9(2,15)10(3,4)16-11-7-5-13-8(12)14-6-7/h5-6,15H,1-4H3,(H2,12,13,14). The molecule has 0 aliphatic carbocycles. The molecule has 16 heavy (non-hydrogen) atoms. The van der Waals surface area contributed by atoms with Gasteiger partial charge in [-0.2, -0.15) is 0 Å². The summed E-state index contributed by atoms with van der Waals surface area (Å²) in [5.74, 6) is 0.221. The summed E-state index contributed by atoms with van der Waals surface area (Å²) < 4.78 is 5.52. The Balaban J connectivity index is 2.61. The van der Waals surface area contributed by atoms with Crippen LogP contribution in [0.1, 0.15) is 27.7 Å². The molecule has 3 N–H and O–H groups in total. The van der Waals surface area contributed by atoms with Gasteiger partial charge in [0.2, 0.25) is 5.95 Å². The summed E-state index contributed by atoms with van der Waals surface area (Å²) in [6, 6.07) is 0. The monoisotopic (exact) mass is 222 g/mol. The van der Waals surface area contributed by atoms with Crippen LogP contribution in [0.4, 0.5) is 5.95 Å². The molecule has 1 radical (unpaired) electrons. The second-order valence-electron chi connectivity index (χ2n) is 4.68. The number of nitrogens with zero attached hydrogens (tertiary/aromatic N) is 2. The molecule has 1 heterocycles. The highest BCUT2D eigenvalue weighted by atomic mass is 16.5. The molecular weight excluding hydrogens is 205 g/mol. The van der Waals surface area contributed by atoms with Crippen molar-refractivity contribution in [2.45, 2.75) is 38.9 Å². The topological polar surface area (TPSA) is 81.3 Å². The second-order valence-corrected chi connectivity index (χ2v) is 4.68. The van der Waals surface area contributed by atoms with Gasteiger partial charge in [-0.1, -0.05) is 0 Å². The Bertz CT molecular complexity index is 346. The summed E-state index contributed by atoms with van der Waals surface area (Å²) in [7, 11) is 1.51. The molecule has 0 saturated carbocycles. The number of nitrogen functional groups attached to an aromatic ring is 1. The van der Waals surface area contributed by atoms with E-state index in [1.165, 1.54) is 7.48 Å². The van der Waals surface area contributed by atoms with E-state index in [4.69, 9.17) is 10.4 Å². The molecule has 1 aromatic heterocycles. The maximum atomic E-state index is 9.87. The zero-order valence-corrected chi connectivity index (χ0v) is 10.1. The van der Waals surface area contributed by atoms with Crippen LogP contribution in [0, 0.1) is 0 Å². The lowest BCUT2D eigenvalue weighted by Gasteiger charge is -2.37. The summed E-state index contributed by atoms with van der Waals surface area (Å²) in [6.45, 7) is 7.00. The van der Waals surface area contributed by atoms with Gasteiger partial charge in [0.1, 0.15) is 0 Å². The first-order valence-electron chi connectivity index (χ1n) is 5.03. The summed E-state index contributed by atoms with van der Waals surface area (Å²) in [4.78, 5) is 7.67. The lowest BCUT2D eigenvalue weighted by Crippen LogP contribution is -2.49. The predicted molar refractivity (Wildman–Crippen MR) is 63.3 cm³/mol. The molecular formula is C10H17BN3O2. The lowest BCUT2D eigenvalue weighted by molar-refractivity contribution is -0.0893. The molecule has 1 rings (SSSR count). The smallest absolute Gasteiger partial charge is 0.334 e. The largest absolute Gasteiger partial charge is 0.427 e. The highest BCUT2D eigenvalue weighted by Gasteiger charge is 2.35. The Morgan fingerprint density at radius 3 is 2.19 bits per heavy atom. The molecule has 0 aliphatic rings. The Kier molecular flexibility index (Phi) is 3.55. The van der Waals surface area contributed by atoms with Crippen LogP contribution in [-0.4, -0.2) is 33.8 Å². The summed E-state index contributed by atoms with van der Waals surface area (Å²) >= 11 is 0. The Hall–Kier alpha value is -1.14. The first-order chi connectivity index (χ1) is 7.22. The fourth-order valence-corrected chi connectivity index (χ4v) is 0.768. The van der Waals surface area contributed by atoms with Crippen molar-refractivity contribution in [3.8, 4) is 0 Å². The van der Waals surface area contributed by atoms with E-state index in [1.54, 1.807) is 26.2 Å². The molecule has 0 fully saturated rings. The Morgan fingerprint density at radius 2 is 1.75 bits per heavy atom. The summed E-state index contributed by atoms with van der Waals surface area (Å²) in [5, 5.41) is 9.87. The number of hydrogen-bond acceptors (Lipinski definition) is 5. The van der Waals surface area contributed by atoms with Crippen LogP contribution >= 0.6 is 0 Å². The molecule has 6 heteroatoms. The van der Waals surface area contributed by atoms with E-state index >= 15 is 0 Å². The number of anilines is 1. The quantitative estimate of drug-likeness (QED) is 0.693. The normalized spacial score (nSPS) is 12.6. The van der Waals surface area contributed by atoms with E-state index in [-0.39, 0.29) is 5.95 Å². The van der Waals surface area contributed by atoms with Crippen molar-refractivity contribution < 1.29 is 9.76 Å². The molecule has 0 atom stereocenters. The van der Waals surface area contributed by atoms with Crippen molar-refractivity contribution in [1.29, 1.82) is 0 Å². The van der Waals surface area contributed by atoms with Gasteiger partial charge in [0.05, 0.1) is 11.2 Å². The predicted octanol–water partition coefficient (Wildman–Crippen LogP) is -0.131. The van der Waals surface area contributed by atoms with Crippen molar-refractivity contribution in [2.75, 3.05) is 5.73 Å². The van der Waals surface area contributed by atoms with E-state index in [0.717, 1.165) is 0 Å². The molecule has 87 valence electrons. The van der Waals surface area contributed by atoms with Gasteiger partial charge in [-0.25, -0.2) is 9.97 Å². The van der Waals surface area contributed by atoms with Crippen molar-refractivity contribution >= 4 is 18.9 Å². The lowest BCUT2D eigenvalue weighted by atomic mass is 9.84. The van der Waals surface area contributed by atoms with Gasteiger partial charge in [-0.3, -0.25) is 0 Å². The number of nitrogens with two attached hydrogens (primary N) is 1. The fourth-order valence-electron chi connectivity index (χ4n) is 0.768. The van der Waals surface area contributed by atoms with Gasteiger partial charge >= 0.3 is 7.48 Å². The van der Waals surface area contributed by atoms with E-state index in [0.29, 0.717) is 5.46 Å². The van der Waals surface area contributed by atoms with Gasteiger partial charge in [0.15, 0.2) is 0 Å². The minimum atomic E-state index is -0.946. The molecule has 0 aliphatic heterocycles. The average Bonchev–Trinajstić information content (AvgIpc) is 2.15. The van der Waals surface area contributed by atoms with E-state index in [1.807, 2.05) is 13.8 Å². The van der Waals surface area contributed by atoms with Crippen LogP contribution in [0.25, 0.3) is 0 Å². The molecule has 5 nitrogen and oxygen atoms in total. The first kappa shape index (κ1) is 12.9. The van der Waals surface area contributed by atoms with Gasteiger partial charge in [0, 0.05) is 12.4 Å². The number of aromatic nitrogens is 2. The van der Waals surface area contributed by atoms with E-state index in [2.05, 4.69) is 9.97 Å². The van der Waals surface area contributed by atoms with Gasteiger partial charge < -0.3 is 15.5 Å². The minimum Gasteiger partial charge on any atom is -0.427 e. The van der Waals surface area contributed by atoms with Crippen molar-refractivity contribution in [3.63, 3.8) is 0 Å². The summed E-state index contributed by atoms with van der Waals surface area (Å²) in [5.41, 5.74) is 4.42. The number of hydrogen-bond donors (Lipinski definition) is 2. The van der Waals surface area contributed by atoms with Crippen LogP contribution in [-0.2, 0) is 4.65 Å². The maximum Gasteiger partial charge on any atom is 0.334 e. The van der Waals surface area contributed by atoms with E-state index < -0.39 is 11.2 Å². The number of rotatable bonds is 4. The van der Waals surface area contributed by atoms with E-state index in [9.17, 15) is 5.11 Å². The Labute approximate surface area is 96.3 Å². The second kappa shape index (κ2) is 4.39. The van der Waals surface area contributed by atoms with Gasteiger partial charge in [-0.15, -0.1) is 0 Å². The van der Waals surface area contributed by atoms with Gasteiger partial charge in [-0.05, 0) is 33.2 Å². The third kappa shape index (κ3) is 3.18. The fraction of sp³-hybridized carbons (Fsp3) is 0.600. The highest BCUT2D eigenvalue weighted by molar-refractivity contribution is 6.46. The molecule has 0 saturated heterocycles. The summed E-state index contributed by atoms with van der Waals surface area (Å²) in [6.07, 6.45) is 3.12. The third-order valence-corrected chi connectivity index (χ3v) is 2.65. The third-order valence-electron chi connectivity index (χ3n) is 2.65. The molecule has 0 aromatic carbocycles. The SMILES string of the molecule is CC(C)(O)C(C)(C)O[B]c1cnc(N)nc1. The Morgan fingerprint density at radius 1 is 1.25 bits per heavy atom. The van der Waals surface area contributed by atoms with Crippen LogP contribution in [0.2, 0.25) is 0 Å². The van der Waals surface area contributed by atoms with Crippen LogP contribution in [0.5, 0.6) is 0 Å². The van der Waals surface area contributed by atoms with Crippen LogP contribution in [0.3, 0.4) is 0 Å². The molecule has 0 bridgehead atoms. The van der Waals surface area contributed by atoms with Crippen LogP contribution < -0.4 is 11.2 Å². The molecule has 0 amide bonds. The molecule has 0 unspecified atom stereocenters. The molecule has 0 spiro atoms. The first-order valence-corrected chi connectivity index (χ1v) is 5.03. The van der Waals surface area contributed by atoms with Crippen molar-refractivity contribution in [2.24, 2.45) is 0 Å². The zero-order chi connectivity index (χ0) is 12.4. The van der Waals surface area contributed by atoms with Crippen LogP contribution in [0.15, 0.2) is 12.4 Å². The van der Waals surface area contributed by atoms with Gasteiger partial charge in [0.25, 0.3) is 0 Å². The average molecular weight is 222 g/mol.